The second-order valence-corrected chi connectivity index (χ2v) is 10.0. The van der Waals surface area contributed by atoms with Crippen LogP contribution in [0.5, 0.6) is 0 Å². The lowest BCUT2D eigenvalue weighted by molar-refractivity contribution is 0.0601. The molecule has 31 heavy (non-hydrogen) atoms. The number of anilines is 2. The quantitative estimate of drug-likeness (QED) is 0.397. The van der Waals surface area contributed by atoms with E-state index in [1.54, 1.807) is 11.3 Å². The minimum atomic E-state index is -0.262. The molecule has 0 bridgehead atoms. The van der Waals surface area contributed by atoms with Crippen molar-refractivity contribution in [3.8, 4) is 0 Å². The summed E-state index contributed by atoms with van der Waals surface area (Å²) in [6.45, 7) is 6.96. The van der Waals surface area contributed by atoms with Crippen LogP contribution in [-0.2, 0) is 17.6 Å². The van der Waals surface area contributed by atoms with Gasteiger partial charge in [0.2, 0.25) is 0 Å². The highest BCUT2D eigenvalue weighted by molar-refractivity contribution is 7.80. The predicted molar refractivity (Wildman–Crippen MR) is 133 cm³/mol. The summed E-state index contributed by atoms with van der Waals surface area (Å²) in [5, 5.41) is 4.95. The zero-order valence-electron chi connectivity index (χ0n) is 18.6. The second kappa shape index (κ2) is 9.57. The first-order valence-corrected chi connectivity index (χ1v) is 12.3. The number of thiophene rings is 1. The largest absolute Gasteiger partial charge is 0.465 e. The molecule has 7 heteroatoms. The summed E-state index contributed by atoms with van der Waals surface area (Å²) in [5.74, 6) is -0.262. The highest BCUT2D eigenvalue weighted by Crippen LogP contribution is 2.38. The normalized spacial score (nSPS) is 18.9. The molecule has 1 N–H and O–H groups in total. The number of esters is 1. The zero-order chi connectivity index (χ0) is 22.0. The number of hydrogen-bond acceptors (Lipinski definition) is 5. The lowest BCUT2D eigenvalue weighted by Gasteiger charge is -2.42. The molecule has 0 amide bonds. The Balaban J connectivity index is 1.48. The van der Waals surface area contributed by atoms with E-state index in [9.17, 15) is 4.79 Å². The van der Waals surface area contributed by atoms with Crippen molar-refractivity contribution in [2.45, 2.75) is 52.0 Å². The third-order valence-electron chi connectivity index (χ3n) is 6.31. The highest BCUT2D eigenvalue weighted by atomic mass is 32.1. The van der Waals surface area contributed by atoms with Gasteiger partial charge in [0.05, 0.1) is 12.7 Å². The average molecular weight is 458 g/mol. The van der Waals surface area contributed by atoms with Crippen LogP contribution < -0.4 is 10.2 Å². The molecule has 2 heterocycles. The number of fused-ring (bicyclic) bond motifs is 1. The fourth-order valence-corrected chi connectivity index (χ4v) is 6.20. The maximum absolute atomic E-state index is 12.6. The molecule has 1 aromatic carbocycles. The molecule has 4 rings (SSSR count). The van der Waals surface area contributed by atoms with Crippen molar-refractivity contribution in [3.63, 3.8) is 0 Å². The van der Waals surface area contributed by atoms with Gasteiger partial charge in [0.1, 0.15) is 5.00 Å². The van der Waals surface area contributed by atoms with Crippen molar-refractivity contribution in [3.05, 3.63) is 45.8 Å². The minimum Gasteiger partial charge on any atom is -0.465 e. The third-order valence-corrected chi connectivity index (χ3v) is 7.88. The predicted octanol–water partition coefficient (Wildman–Crippen LogP) is 5.02. The Morgan fingerprint density at radius 3 is 2.61 bits per heavy atom. The Morgan fingerprint density at radius 2 is 1.90 bits per heavy atom. The van der Waals surface area contributed by atoms with Gasteiger partial charge in [-0.15, -0.1) is 11.3 Å². The van der Waals surface area contributed by atoms with Crippen molar-refractivity contribution in [2.75, 3.05) is 37.0 Å². The van der Waals surface area contributed by atoms with E-state index in [1.807, 2.05) is 0 Å². The maximum Gasteiger partial charge on any atom is 0.341 e. The van der Waals surface area contributed by atoms with E-state index in [0.717, 1.165) is 49.5 Å². The van der Waals surface area contributed by atoms with Gasteiger partial charge >= 0.3 is 5.97 Å². The van der Waals surface area contributed by atoms with Crippen LogP contribution in [0.4, 0.5) is 10.7 Å². The molecule has 1 aliphatic heterocycles. The molecule has 166 valence electrons. The fraction of sp³-hybridized carbons (Fsp3) is 0.500. The Bertz CT molecular complexity index is 954. The number of rotatable bonds is 3. The van der Waals surface area contributed by atoms with Gasteiger partial charge in [-0.05, 0) is 69.4 Å². The van der Waals surface area contributed by atoms with Gasteiger partial charge in [-0.2, -0.15) is 0 Å². The Labute approximate surface area is 194 Å². The van der Waals surface area contributed by atoms with Gasteiger partial charge < -0.3 is 19.9 Å². The Morgan fingerprint density at radius 1 is 1.16 bits per heavy atom. The van der Waals surface area contributed by atoms with Crippen LogP contribution >= 0.6 is 23.6 Å². The number of thiocarbonyl (C=S) groups is 1. The summed E-state index contributed by atoms with van der Waals surface area (Å²) in [7, 11) is 1.46. The van der Waals surface area contributed by atoms with E-state index in [-0.39, 0.29) is 5.97 Å². The second-order valence-electron chi connectivity index (χ2n) is 8.51. The monoisotopic (exact) mass is 457 g/mol. The van der Waals surface area contributed by atoms with E-state index >= 15 is 0 Å². The Hall–Kier alpha value is -2.12. The van der Waals surface area contributed by atoms with Gasteiger partial charge in [0.15, 0.2) is 5.11 Å². The number of aryl methyl sites for hydroxylation is 2. The van der Waals surface area contributed by atoms with E-state index in [0.29, 0.717) is 16.7 Å². The van der Waals surface area contributed by atoms with Crippen LogP contribution in [0.15, 0.2) is 24.3 Å². The number of carbonyl (C=O) groups excluding carboxylic acids is 1. The van der Waals surface area contributed by atoms with Crippen molar-refractivity contribution < 1.29 is 9.53 Å². The summed E-state index contributed by atoms with van der Waals surface area (Å²) in [6.07, 6.45) is 5.49. The van der Waals surface area contributed by atoms with E-state index < -0.39 is 0 Å². The summed E-state index contributed by atoms with van der Waals surface area (Å²) >= 11 is 7.46. The number of carbonyl (C=O) groups is 1. The lowest BCUT2D eigenvalue weighted by Crippen LogP contribution is -2.54. The number of piperazine rings is 1. The minimum absolute atomic E-state index is 0.262. The molecule has 1 aliphatic carbocycles. The molecule has 2 aromatic rings. The van der Waals surface area contributed by atoms with Crippen LogP contribution in [0.1, 0.15) is 52.5 Å². The molecule has 0 saturated carbocycles. The smallest absolute Gasteiger partial charge is 0.341 e. The van der Waals surface area contributed by atoms with Gasteiger partial charge in [-0.25, -0.2) is 4.79 Å². The van der Waals surface area contributed by atoms with Crippen LogP contribution in [0.25, 0.3) is 0 Å². The molecule has 1 fully saturated rings. The first-order valence-electron chi connectivity index (χ1n) is 11.1. The van der Waals surface area contributed by atoms with Gasteiger partial charge in [-0.1, -0.05) is 24.1 Å². The molecule has 1 unspecified atom stereocenters. The molecule has 0 spiro atoms. The average Bonchev–Trinajstić information content (AvgIpc) is 2.94. The number of benzene rings is 1. The Kier molecular flexibility index (Phi) is 6.82. The summed E-state index contributed by atoms with van der Waals surface area (Å²) in [6, 6.07) is 9.06. The highest BCUT2D eigenvalue weighted by Gasteiger charge is 2.29. The zero-order valence-corrected chi connectivity index (χ0v) is 20.2. The fourth-order valence-electron chi connectivity index (χ4n) is 4.59. The van der Waals surface area contributed by atoms with Crippen molar-refractivity contribution in [2.24, 2.45) is 0 Å². The molecule has 1 atom stereocenters. The first-order chi connectivity index (χ1) is 15.0. The summed E-state index contributed by atoms with van der Waals surface area (Å²) in [4.78, 5) is 18.6. The molecule has 5 nitrogen and oxygen atoms in total. The topological polar surface area (TPSA) is 44.8 Å². The van der Waals surface area contributed by atoms with Crippen LogP contribution in [0, 0.1) is 6.92 Å². The van der Waals surface area contributed by atoms with Crippen LogP contribution in [0.2, 0.25) is 0 Å². The van der Waals surface area contributed by atoms with E-state index in [4.69, 9.17) is 17.0 Å². The van der Waals surface area contributed by atoms with E-state index in [1.165, 1.54) is 36.1 Å². The van der Waals surface area contributed by atoms with Crippen molar-refractivity contribution >= 4 is 45.3 Å². The number of ether oxygens (including phenoxy) is 1. The first kappa shape index (κ1) is 22.1. The van der Waals surface area contributed by atoms with Crippen molar-refractivity contribution in [1.29, 1.82) is 0 Å². The standard InChI is InChI=1S/C24H31N3O2S2/c1-16-9-11-18(12-10-16)27-14-13-26(15-17(27)2)24(30)25-22-21(23(28)29-3)19-7-5-4-6-8-20(19)31-22/h9-12,17H,4-8,13-15H2,1-3H3,(H,25,30). The summed E-state index contributed by atoms with van der Waals surface area (Å²) in [5.41, 5.74) is 4.39. The molecule has 1 aromatic heterocycles. The molecule has 0 radical (unpaired) electrons. The van der Waals surface area contributed by atoms with Crippen LogP contribution in [-0.4, -0.2) is 48.8 Å². The SMILES string of the molecule is COC(=O)c1c(NC(=S)N2CCN(c3ccc(C)cc3)C(C)C2)sc2c1CCCCC2. The van der Waals surface area contributed by atoms with Gasteiger partial charge in [-0.3, -0.25) is 0 Å². The third kappa shape index (κ3) is 4.72. The number of methoxy groups -OCH3 is 1. The number of hydrogen-bond donors (Lipinski definition) is 1. The summed E-state index contributed by atoms with van der Waals surface area (Å²) < 4.78 is 5.12. The van der Waals surface area contributed by atoms with Crippen LogP contribution in [0.3, 0.4) is 0 Å². The lowest BCUT2D eigenvalue weighted by atomic mass is 10.1. The molecular weight excluding hydrogens is 426 g/mol. The molecule has 1 saturated heterocycles. The maximum atomic E-state index is 12.6. The number of nitrogens with one attached hydrogen (secondary N) is 1. The van der Waals surface area contributed by atoms with Gasteiger partial charge in [0.25, 0.3) is 0 Å². The van der Waals surface area contributed by atoms with Gasteiger partial charge in [0, 0.05) is 36.2 Å². The van der Waals surface area contributed by atoms with Crippen molar-refractivity contribution in [1.82, 2.24) is 4.90 Å². The van der Waals surface area contributed by atoms with E-state index in [2.05, 4.69) is 53.2 Å². The molecular formula is C24H31N3O2S2. The number of nitrogens with zero attached hydrogens (tertiary/aromatic N) is 2. The molecule has 2 aliphatic rings.